The Bertz CT molecular complexity index is 1090. The highest BCUT2D eigenvalue weighted by Crippen LogP contribution is 2.18. The van der Waals surface area contributed by atoms with E-state index in [9.17, 15) is 14.4 Å². The van der Waals surface area contributed by atoms with Gasteiger partial charge in [-0.1, -0.05) is 26.0 Å². The van der Waals surface area contributed by atoms with E-state index in [1.807, 2.05) is 27.7 Å². The van der Waals surface area contributed by atoms with E-state index < -0.39 is 11.4 Å². The first-order chi connectivity index (χ1) is 14.2. The van der Waals surface area contributed by atoms with E-state index in [1.54, 1.807) is 47.1 Å². The fraction of sp³-hybridized carbons (Fsp3) is 0.318. The number of Topliss-reactive ketones (excluding diaryl/α,β-unsaturated/α-hetero) is 1. The van der Waals surface area contributed by atoms with Crippen LogP contribution in [-0.2, 0) is 16.1 Å². The average molecular weight is 408 g/mol. The molecule has 0 aliphatic rings. The van der Waals surface area contributed by atoms with E-state index in [0.717, 1.165) is 5.52 Å². The van der Waals surface area contributed by atoms with Crippen molar-refractivity contribution in [3.05, 3.63) is 53.6 Å². The zero-order valence-electron chi connectivity index (χ0n) is 17.4. The highest BCUT2D eigenvalue weighted by atomic mass is 16.5. The summed E-state index contributed by atoms with van der Waals surface area (Å²) in [4.78, 5) is 36.7. The molecule has 0 fully saturated rings. The highest BCUT2D eigenvalue weighted by Gasteiger charge is 2.21. The van der Waals surface area contributed by atoms with E-state index in [1.165, 1.54) is 0 Å². The van der Waals surface area contributed by atoms with Crippen molar-refractivity contribution in [2.75, 3.05) is 11.9 Å². The molecule has 1 amide bonds. The van der Waals surface area contributed by atoms with Crippen molar-refractivity contribution in [2.45, 2.75) is 34.2 Å². The molecule has 0 saturated heterocycles. The number of ether oxygens (including phenoxy) is 1. The summed E-state index contributed by atoms with van der Waals surface area (Å²) in [7, 11) is 0. The van der Waals surface area contributed by atoms with Crippen LogP contribution in [0.15, 0.2) is 42.5 Å². The topological polar surface area (TPSA) is 103 Å². The van der Waals surface area contributed by atoms with Crippen LogP contribution in [0.1, 0.15) is 48.4 Å². The third-order valence-corrected chi connectivity index (χ3v) is 4.53. The van der Waals surface area contributed by atoms with Crippen molar-refractivity contribution in [2.24, 2.45) is 5.41 Å². The number of nitrogens with zero attached hydrogens (tertiary/aromatic N) is 3. The van der Waals surface area contributed by atoms with Gasteiger partial charge in [0.1, 0.15) is 5.52 Å². The molecule has 0 atom stereocenters. The molecule has 8 nitrogen and oxygen atoms in total. The molecule has 30 heavy (non-hydrogen) atoms. The number of rotatable bonds is 6. The maximum Gasteiger partial charge on any atom is 0.338 e. The molecule has 1 heterocycles. The number of anilines is 1. The summed E-state index contributed by atoms with van der Waals surface area (Å²) >= 11 is 0. The van der Waals surface area contributed by atoms with Gasteiger partial charge < -0.3 is 10.1 Å². The average Bonchev–Trinajstić information content (AvgIpc) is 3.14. The maximum atomic E-state index is 12.3. The monoisotopic (exact) mass is 408 g/mol. The van der Waals surface area contributed by atoms with Crippen molar-refractivity contribution < 1.29 is 19.1 Å². The molecule has 3 rings (SSSR count). The molecule has 0 aliphatic carbocycles. The molecule has 8 heteroatoms. The Hall–Kier alpha value is -3.55. The van der Waals surface area contributed by atoms with Gasteiger partial charge in [-0.3, -0.25) is 9.59 Å². The predicted molar refractivity (Wildman–Crippen MR) is 112 cm³/mol. The summed E-state index contributed by atoms with van der Waals surface area (Å²) in [6, 6.07) is 11.4. The lowest BCUT2D eigenvalue weighted by Gasteiger charge is -2.17. The number of esters is 1. The van der Waals surface area contributed by atoms with Crippen LogP contribution in [0, 0.1) is 5.41 Å². The molecule has 3 aromatic rings. The number of carbonyl (C=O) groups excluding carboxylic acids is 3. The molecule has 1 N–H and O–H groups in total. The molecule has 0 saturated carbocycles. The molecule has 156 valence electrons. The number of hydrogen-bond acceptors (Lipinski definition) is 6. The van der Waals surface area contributed by atoms with E-state index in [4.69, 9.17) is 4.74 Å². The van der Waals surface area contributed by atoms with Crippen LogP contribution in [0.3, 0.4) is 0 Å². The molecule has 0 radical (unpaired) electrons. The summed E-state index contributed by atoms with van der Waals surface area (Å²) in [6.45, 7) is 7.70. The Balaban J connectivity index is 1.59. The van der Waals surface area contributed by atoms with Gasteiger partial charge in [-0.2, -0.15) is 0 Å². The lowest BCUT2D eigenvalue weighted by molar-refractivity contribution is -0.123. The Morgan fingerprint density at radius 2 is 1.70 bits per heavy atom. The van der Waals surface area contributed by atoms with Gasteiger partial charge in [-0.15, -0.1) is 5.10 Å². The Kier molecular flexibility index (Phi) is 5.96. The van der Waals surface area contributed by atoms with Gasteiger partial charge in [0.15, 0.2) is 12.4 Å². The first-order valence-corrected chi connectivity index (χ1v) is 9.64. The predicted octanol–water partition coefficient (Wildman–Crippen LogP) is 3.48. The Morgan fingerprint density at radius 3 is 2.33 bits per heavy atom. The molecule has 0 spiro atoms. The smallest absolute Gasteiger partial charge is 0.338 e. The summed E-state index contributed by atoms with van der Waals surface area (Å²) in [6.07, 6.45) is 0. The minimum atomic E-state index is -0.606. The van der Waals surface area contributed by atoms with Gasteiger partial charge in [-0.05, 0) is 49.4 Å². The van der Waals surface area contributed by atoms with Gasteiger partial charge in [0.2, 0.25) is 5.91 Å². The van der Waals surface area contributed by atoms with Crippen LogP contribution in [-0.4, -0.2) is 39.3 Å². The largest absolute Gasteiger partial charge is 0.454 e. The molecule has 1 aromatic heterocycles. The van der Waals surface area contributed by atoms with E-state index >= 15 is 0 Å². The van der Waals surface area contributed by atoms with Crippen molar-refractivity contribution in [3.8, 4) is 0 Å². The van der Waals surface area contributed by atoms with Gasteiger partial charge in [0.05, 0.1) is 11.1 Å². The number of aromatic nitrogens is 3. The van der Waals surface area contributed by atoms with Gasteiger partial charge >= 0.3 is 5.97 Å². The number of ketones is 1. The molecular weight excluding hydrogens is 384 g/mol. The summed E-state index contributed by atoms with van der Waals surface area (Å²) < 4.78 is 6.88. The van der Waals surface area contributed by atoms with Gasteiger partial charge in [0.25, 0.3) is 0 Å². The minimum absolute atomic E-state index is 0.119. The number of fused-ring (bicyclic) bond motifs is 1. The Labute approximate surface area is 174 Å². The SMILES string of the molecule is CCn1nnc2cc(C(=O)OCC(=O)c3ccc(NC(=O)C(C)(C)C)cc3)ccc21. The molecule has 2 aromatic carbocycles. The van der Waals surface area contributed by atoms with Crippen LogP contribution in [0.4, 0.5) is 5.69 Å². The van der Waals surface area contributed by atoms with Crippen LogP contribution < -0.4 is 5.32 Å². The number of benzene rings is 2. The first kappa shape index (κ1) is 21.2. The van der Waals surface area contributed by atoms with Crippen molar-refractivity contribution >= 4 is 34.4 Å². The third kappa shape index (κ3) is 4.71. The zero-order chi connectivity index (χ0) is 21.9. The normalized spacial score (nSPS) is 11.3. The lowest BCUT2D eigenvalue weighted by atomic mass is 9.95. The maximum absolute atomic E-state index is 12.3. The van der Waals surface area contributed by atoms with Crippen molar-refractivity contribution in [3.63, 3.8) is 0 Å². The van der Waals surface area contributed by atoms with Gasteiger partial charge in [0, 0.05) is 23.2 Å². The fourth-order valence-electron chi connectivity index (χ4n) is 2.69. The first-order valence-electron chi connectivity index (χ1n) is 9.64. The third-order valence-electron chi connectivity index (χ3n) is 4.53. The minimum Gasteiger partial charge on any atom is -0.454 e. The van der Waals surface area contributed by atoms with Crippen molar-refractivity contribution in [1.82, 2.24) is 15.0 Å². The van der Waals surface area contributed by atoms with E-state index in [-0.39, 0.29) is 18.3 Å². The molecule has 0 bridgehead atoms. The number of carbonyl (C=O) groups is 3. The number of aryl methyl sites for hydroxylation is 1. The second kappa shape index (κ2) is 8.44. The van der Waals surface area contributed by atoms with Crippen LogP contribution >= 0.6 is 0 Å². The van der Waals surface area contributed by atoms with Crippen LogP contribution in [0.2, 0.25) is 0 Å². The second-order valence-corrected chi connectivity index (χ2v) is 7.89. The summed E-state index contributed by atoms with van der Waals surface area (Å²) in [5, 5.41) is 10.8. The van der Waals surface area contributed by atoms with Crippen LogP contribution in [0.5, 0.6) is 0 Å². The van der Waals surface area contributed by atoms with Gasteiger partial charge in [-0.25, -0.2) is 9.48 Å². The fourth-order valence-corrected chi connectivity index (χ4v) is 2.69. The quantitative estimate of drug-likeness (QED) is 0.495. The Morgan fingerprint density at radius 1 is 1.03 bits per heavy atom. The number of amides is 1. The standard InChI is InChI=1S/C22H24N4O4/c1-5-26-18-11-8-15(12-17(18)24-25-26)20(28)30-13-19(27)14-6-9-16(10-7-14)23-21(29)22(2,3)4/h6-12H,5,13H2,1-4H3,(H,23,29). The second-order valence-electron chi connectivity index (χ2n) is 7.89. The molecule has 0 aliphatic heterocycles. The van der Waals surface area contributed by atoms with E-state index in [0.29, 0.717) is 28.9 Å². The molecular formula is C22H24N4O4. The summed E-state index contributed by atoms with van der Waals surface area (Å²) in [5.74, 6) is -1.06. The van der Waals surface area contributed by atoms with E-state index in [2.05, 4.69) is 15.6 Å². The number of hydrogen-bond donors (Lipinski definition) is 1. The molecule has 0 unspecified atom stereocenters. The zero-order valence-corrected chi connectivity index (χ0v) is 17.4. The number of nitrogens with one attached hydrogen (secondary N) is 1. The van der Waals surface area contributed by atoms with Crippen LogP contribution in [0.25, 0.3) is 11.0 Å². The highest BCUT2D eigenvalue weighted by molar-refractivity contribution is 6.01. The summed E-state index contributed by atoms with van der Waals surface area (Å²) in [5.41, 5.74) is 2.18. The van der Waals surface area contributed by atoms with Crippen molar-refractivity contribution in [1.29, 1.82) is 0 Å². The lowest BCUT2D eigenvalue weighted by Crippen LogP contribution is -2.27.